The van der Waals surface area contributed by atoms with Crippen LogP contribution in [0.3, 0.4) is 0 Å². The lowest BCUT2D eigenvalue weighted by atomic mass is 9.99. The van der Waals surface area contributed by atoms with E-state index in [1.807, 2.05) is 31.2 Å². The first-order valence-electron chi connectivity index (χ1n) is 5.43. The van der Waals surface area contributed by atoms with Crippen LogP contribution in [0.4, 0.5) is 5.69 Å². The Morgan fingerprint density at radius 3 is 2.50 bits per heavy atom. The van der Waals surface area contributed by atoms with Crippen molar-refractivity contribution in [2.24, 2.45) is 0 Å². The molecule has 2 rings (SSSR count). The number of nitro groups is 1. The molecule has 90 valence electrons. The summed E-state index contributed by atoms with van der Waals surface area (Å²) in [7, 11) is 0. The minimum Gasteiger partial charge on any atom is -0.298 e. The van der Waals surface area contributed by atoms with Crippen LogP contribution in [0.2, 0.25) is 0 Å². The Labute approximate surface area is 104 Å². The van der Waals surface area contributed by atoms with E-state index < -0.39 is 4.92 Å². The van der Waals surface area contributed by atoms with Gasteiger partial charge < -0.3 is 0 Å². The maximum absolute atomic E-state index is 10.9. The van der Waals surface area contributed by atoms with Crippen LogP contribution in [0.25, 0.3) is 11.1 Å². The molecule has 0 bridgehead atoms. The summed E-state index contributed by atoms with van der Waals surface area (Å²) in [6.45, 7) is 1.94. The molecule has 0 saturated carbocycles. The van der Waals surface area contributed by atoms with Gasteiger partial charge in [0.05, 0.1) is 10.5 Å². The van der Waals surface area contributed by atoms with Gasteiger partial charge in [-0.05, 0) is 29.7 Å². The standard InChI is InChI=1S/C14H11NO3/c1-10-4-2-3-5-13(10)11-6-7-12(9-16)14(8-11)15(17)18/h2-9H,1H3. The number of hydrogen-bond acceptors (Lipinski definition) is 3. The molecule has 0 fully saturated rings. The molecule has 0 aliphatic rings. The summed E-state index contributed by atoms with van der Waals surface area (Å²) < 4.78 is 0. The van der Waals surface area contributed by atoms with Gasteiger partial charge in [0.1, 0.15) is 0 Å². The van der Waals surface area contributed by atoms with E-state index in [-0.39, 0.29) is 11.3 Å². The van der Waals surface area contributed by atoms with Crippen LogP contribution in [-0.4, -0.2) is 11.2 Å². The second-order valence-corrected chi connectivity index (χ2v) is 3.96. The van der Waals surface area contributed by atoms with Crippen molar-refractivity contribution >= 4 is 12.0 Å². The number of carbonyl (C=O) groups excluding carboxylic acids is 1. The third kappa shape index (κ3) is 2.13. The van der Waals surface area contributed by atoms with E-state index in [4.69, 9.17) is 0 Å². The summed E-state index contributed by atoms with van der Waals surface area (Å²) in [5.41, 5.74) is 2.64. The van der Waals surface area contributed by atoms with Crippen LogP contribution >= 0.6 is 0 Å². The van der Waals surface area contributed by atoms with Gasteiger partial charge in [0.25, 0.3) is 5.69 Å². The minimum absolute atomic E-state index is 0.0948. The number of rotatable bonds is 3. The molecule has 0 heterocycles. The molecule has 0 spiro atoms. The Bertz CT molecular complexity index is 620. The van der Waals surface area contributed by atoms with Gasteiger partial charge in [-0.3, -0.25) is 14.9 Å². The molecular formula is C14H11NO3. The largest absolute Gasteiger partial charge is 0.298 e. The van der Waals surface area contributed by atoms with Crippen LogP contribution in [-0.2, 0) is 0 Å². The lowest BCUT2D eigenvalue weighted by Gasteiger charge is -2.06. The van der Waals surface area contributed by atoms with E-state index in [0.717, 1.165) is 16.7 Å². The zero-order valence-electron chi connectivity index (χ0n) is 9.79. The van der Waals surface area contributed by atoms with Crippen molar-refractivity contribution in [2.75, 3.05) is 0 Å². The zero-order chi connectivity index (χ0) is 13.1. The number of nitrogens with zero attached hydrogens (tertiary/aromatic N) is 1. The van der Waals surface area contributed by atoms with E-state index in [0.29, 0.717) is 6.29 Å². The lowest BCUT2D eigenvalue weighted by Crippen LogP contribution is -1.95. The van der Waals surface area contributed by atoms with Gasteiger partial charge in [0.15, 0.2) is 6.29 Å². The fourth-order valence-electron chi connectivity index (χ4n) is 1.87. The molecule has 0 saturated heterocycles. The average molecular weight is 241 g/mol. The lowest BCUT2D eigenvalue weighted by molar-refractivity contribution is -0.385. The molecule has 0 aliphatic carbocycles. The molecule has 0 amide bonds. The third-order valence-corrected chi connectivity index (χ3v) is 2.81. The first kappa shape index (κ1) is 12.0. The highest BCUT2D eigenvalue weighted by atomic mass is 16.6. The quantitative estimate of drug-likeness (QED) is 0.470. The highest BCUT2D eigenvalue weighted by molar-refractivity contribution is 5.84. The van der Waals surface area contributed by atoms with Crippen molar-refractivity contribution in [3.63, 3.8) is 0 Å². The summed E-state index contributed by atoms with van der Waals surface area (Å²) in [6.07, 6.45) is 0.500. The average Bonchev–Trinajstić information content (AvgIpc) is 2.38. The number of aldehydes is 1. The Balaban J connectivity index is 2.61. The van der Waals surface area contributed by atoms with Crippen LogP contribution in [0.1, 0.15) is 15.9 Å². The number of aryl methyl sites for hydroxylation is 1. The predicted molar refractivity (Wildman–Crippen MR) is 68.7 cm³/mol. The van der Waals surface area contributed by atoms with E-state index in [1.165, 1.54) is 12.1 Å². The van der Waals surface area contributed by atoms with Gasteiger partial charge in [0, 0.05) is 6.07 Å². The van der Waals surface area contributed by atoms with E-state index >= 15 is 0 Å². The van der Waals surface area contributed by atoms with Crippen molar-refractivity contribution in [1.29, 1.82) is 0 Å². The number of hydrogen-bond donors (Lipinski definition) is 0. The highest BCUT2D eigenvalue weighted by Gasteiger charge is 2.14. The second kappa shape index (κ2) is 4.79. The number of nitro benzene ring substituents is 1. The van der Waals surface area contributed by atoms with Crippen molar-refractivity contribution < 1.29 is 9.72 Å². The normalized spacial score (nSPS) is 10.1. The molecule has 0 unspecified atom stereocenters. The summed E-state index contributed by atoms with van der Waals surface area (Å²) in [5, 5.41) is 10.9. The predicted octanol–water partition coefficient (Wildman–Crippen LogP) is 3.38. The molecule has 4 heteroatoms. The second-order valence-electron chi connectivity index (χ2n) is 3.96. The minimum atomic E-state index is -0.536. The van der Waals surface area contributed by atoms with E-state index in [9.17, 15) is 14.9 Å². The molecule has 2 aromatic rings. The molecule has 0 aliphatic heterocycles. The SMILES string of the molecule is Cc1ccccc1-c1ccc(C=O)c([N+](=O)[O-])c1. The van der Waals surface area contributed by atoms with E-state index in [2.05, 4.69) is 0 Å². The van der Waals surface area contributed by atoms with Crippen molar-refractivity contribution in [2.45, 2.75) is 6.92 Å². The Kier molecular flexibility index (Phi) is 3.19. The zero-order valence-corrected chi connectivity index (χ0v) is 9.79. The summed E-state index contributed by atoms with van der Waals surface area (Å²) in [4.78, 5) is 21.1. The molecule has 0 radical (unpaired) electrons. The molecule has 4 nitrogen and oxygen atoms in total. The summed E-state index contributed by atoms with van der Waals surface area (Å²) in [5.74, 6) is 0. The highest BCUT2D eigenvalue weighted by Crippen LogP contribution is 2.28. The van der Waals surface area contributed by atoms with Crippen LogP contribution < -0.4 is 0 Å². The molecule has 0 N–H and O–H groups in total. The molecular weight excluding hydrogens is 230 g/mol. The van der Waals surface area contributed by atoms with Gasteiger partial charge in [-0.25, -0.2) is 0 Å². The van der Waals surface area contributed by atoms with Crippen molar-refractivity contribution in [1.82, 2.24) is 0 Å². The first-order valence-corrected chi connectivity index (χ1v) is 5.43. The molecule has 18 heavy (non-hydrogen) atoms. The number of benzene rings is 2. The first-order chi connectivity index (χ1) is 8.63. The van der Waals surface area contributed by atoms with Gasteiger partial charge in [-0.1, -0.05) is 30.3 Å². The molecule has 2 aromatic carbocycles. The van der Waals surface area contributed by atoms with Gasteiger partial charge in [-0.15, -0.1) is 0 Å². The van der Waals surface area contributed by atoms with Crippen LogP contribution in [0.5, 0.6) is 0 Å². The Morgan fingerprint density at radius 2 is 1.89 bits per heavy atom. The van der Waals surface area contributed by atoms with E-state index in [1.54, 1.807) is 6.07 Å². The Morgan fingerprint density at radius 1 is 1.17 bits per heavy atom. The monoisotopic (exact) mass is 241 g/mol. The van der Waals surface area contributed by atoms with Gasteiger partial charge in [-0.2, -0.15) is 0 Å². The maximum atomic E-state index is 10.9. The summed E-state index contributed by atoms with van der Waals surface area (Å²) >= 11 is 0. The maximum Gasteiger partial charge on any atom is 0.280 e. The molecule has 0 atom stereocenters. The fourth-order valence-corrected chi connectivity index (χ4v) is 1.87. The number of carbonyl (C=O) groups is 1. The van der Waals surface area contributed by atoms with Crippen LogP contribution in [0.15, 0.2) is 42.5 Å². The third-order valence-electron chi connectivity index (χ3n) is 2.81. The van der Waals surface area contributed by atoms with Crippen molar-refractivity contribution in [3.05, 3.63) is 63.7 Å². The van der Waals surface area contributed by atoms with Crippen LogP contribution in [0, 0.1) is 17.0 Å². The van der Waals surface area contributed by atoms with Gasteiger partial charge in [0.2, 0.25) is 0 Å². The molecule has 0 aromatic heterocycles. The fraction of sp³-hybridized carbons (Fsp3) is 0.0714. The Hall–Kier alpha value is -2.49. The van der Waals surface area contributed by atoms with Crippen molar-refractivity contribution in [3.8, 4) is 11.1 Å². The summed E-state index contributed by atoms with van der Waals surface area (Å²) in [6, 6.07) is 12.3. The van der Waals surface area contributed by atoms with Gasteiger partial charge >= 0.3 is 0 Å². The smallest absolute Gasteiger partial charge is 0.280 e. The topological polar surface area (TPSA) is 60.2 Å².